The van der Waals surface area contributed by atoms with Crippen molar-refractivity contribution in [1.29, 1.82) is 0 Å². The molecule has 0 aliphatic heterocycles. The second-order valence-corrected chi connectivity index (χ2v) is 4.61. The summed E-state index contributed by atoms with van der Waals surface area (Å²) in [7, 11) is 2.57. The molecule has 1 aromatic carbocycles. The lowest BCUT2D eigenvalue weighted by Gasteiger charge is -2.21. The molecule has 1 rings (SSSR count). The molecule has 0 saturated carbocycles. The van der Waals surface area contributed by atoms with Crippen LogP contribution in [0.25, 0.3) is 0 Å². The summed E-state index contributed by atoms with van der Waals surface area (Å²) in [5.41, 5.74) is 0.553. The van der Waals surface area contributed by atoms with Crippen LogP contribution in [0.4, 0.5) is 5.69 Å². The summed E-state index contributed by atoms with van der Waals surface area (Å²) in [4.78, 5) is 23.1. The Hall–Kier alpha value is -2.24. The number of hydrogen-bond acceptors (Lipinski definition) is 6. The quantitative estimate of drug-likeness (QED) is 0.632. The number of carbonyl (C=O) groups excluding carboxylic acids is 2. The minimum atomic E-state index is -0.626. The van der Waals surface area contributed by atoms with Crippen molar-refractivity contribution in [1.82, 2.24) is 0 Å². The molecule has 110 valence electrons. The second-order valence-electron chi connectivity index (χ2n) is 4.61. The molecule has 0 aromatic heterocycles. The number of ether oxygens (including phenoxy) is 2. The van der Waals surface area contributed by atoms with Crippen molar-refractivity contribution in [2.45, 2.75) is 19.9 Å². The predicted molar refractivity (Wildman–Crippen MR) is 73.7 cm³/mol. The first kappa shape index (κ1) is 15.8. The van der Waals surface area contributed by atoms with Gasteiger partial charge in [0.25, 0.3) is 0 Å². The summed E-state index contributed by atoms with van der Waals surface area (Å²) in [5.74, 6) is -1.08. The van der Waals surface area contributed by atoms with E-state index in [-0.39, 0.29) is 22.9 Å². The van der Waals surface area contributed by atoms with Gasteiger partial charge in [-0.25, -0.2) is 9.59 Å². The van der Waals surface area contributed by atoms with Gasteiger partial charge in [0.15, 0.2) is 0 Å². The van der Waals surface area contributed by atoms with Crippen LogP contribution in [0.1, 0.15) is 24.2 Å². The molecule has 0 aliphatic rings. The maximum absolute atomic E-state index is 11.7. The molecule has 0 amide bonds. The van der Waals surface area contributed by atoms with Crippen molar-refractivity contribution in [2.24, 2.45) is 5.92 Å². The predicted octanol–water partition coefficient (Wildman–Crippen LogP) is 1.79. The highest BCUT2D eigenvalue weighted by Gasteiger charge is 2.24. The fraction of sp³-hybridized carbons (Fsp3) is 0.429. The van der Waals surface area contributed by atoms with Gasteiger partial charge < -0.3 is 19.9 Å². The van der Waals surface area contributed by atoms with E-state index in [1.54, 1.807) is 0 Å². The Morgan fingerprint density at radius 1 is 1.20 bits per heavy atom. The third-order valence-electron chi connectivity index (χ3n) is 2.85. The number of phenols is 1. The Kier molecular flexibility index (Phi) is 5.37. The van der Waals surface area contributed by atoms with Crippen LogP contribution in [0, 0.1) is 5.92 Å². The fourth-order valence-corrected chi connectivity index (χ4v) is 1.69. The Bertz CT molecular complexity index is 498. The van der Waals surface area contributed by atoms with E-state index < -0.39 is 18.0 Å². The Balaban J connectivity index is 3.05. The van der Waals surface area contributed by atoms with Gasteiger partial charge in [-0.15, -0.1) is 0 Å². The van der Waals surface area contributed by atoms with Crippen LogP contribution in [-0.4, -0.2) is 37.3 Å². The standard InChI is InChI=1S/C14H19NO5/c1-8(2)12(14(18)20-4)15-10-7-9(13(17)19-3)5-6-11(10)16/h5-8,12,15-16H,1-4H3/t12-/m0/s1. The Labute approximate surface area is 117 Å². The minimum absolute atomic E-state index is 0.0522. The van der Waals surface area contributed by atoms with Crippen molar-refractivity contribution in [3.05, 3.63) is 23.8 Å². The minimum Gasteiger partial charge on any atom is -0.506 e. The summed E-state index contributed by atoms with van der Waals surface area (Å²) in [6, 6.07) is 3.61. The summed E-state index contributed by atoms with van der Waals surface area (Å²) in [6.45, 7) is 3.69. The number of hydrogen-bond donors (Lipinski definition) is 2. The molecular weight excluding hydrogens is 262 g/mol. The topological polar surface area (TPSA) is 84.9 Å². The molecule has 0 saturated heterocycles. The van der Waals surface area contributed by atoms with Crippen LogP contribution in [-0.2, 0) is 14.3 Å². The molecule has 20 heavy (non-hydrogen) atoms. The summed E-state index contributed by atoms with van der Waals surface area (Å²) in [5, 5.41) is 12.7. The normalized spacial score (nSPS) is 11.8. The maximum Gasteiger partial charge on any atom is 0.337 e. The second kappa shape index (κ2) is 6.79. The first-order chi connectivity index (χ1) is 9.40. The molecule has 0 bridgehead atoms. The third kappa shape index (κ3) is 3.63. The SMILES string of the molecule is COC(=O)c1ccc(O)c(N[C@H](C(=O)OC)C(C)C)c1. The Morgan fingerprint density at radius 2 is 1.85 bits per heavy atom. The van der Waals surface area contributed by atoms with Crippen LogP contribution < -0.4 is 5.32 Å². The van der Waals surface area contributed by atoms with Gasteiger partial charge >= 0.3 is 11.9 Å². The molecule has 0 unspecified atom stereocenters. The summed E-state index contributed by atoms with van der Waals surface area (Å²) in [6.07, 6.45) is 0. The van der Waals surface area contributed by atoms with Crippen LogP contribution in [0.5, 0.6) is 5.75 Å². The lowest BCUT2D eigenvalue weighted by molar-refractivity contribution is -0.142. The molecule has 0 aliphatic carbocycles. The lowest BCUT2D eigenvalue weighted by Crippen LogP contribution is -2.35. The zero-order valence-electron chi connectivity index (χ0n) is 12.0. The number of methoxy groups -OCH3 is 2. The molecule has 0 spiro atoms. The molecule has 1 aromatic rings. The van der Waals surface area contributed by atoms with Gasteiger partial charge in [0, 0.05) is 0 Å². The highest BCUT2D eigenvalue weighted by molar-refractivity contribution is 5.91. The molecule has 0 fully saturated rings. The van der Waals surface area contributed by atoms with E-state index in [4.69, 9.17) is 4.74 Å². The number of phenolic OH excluding ortho intramolecular Hbond substituents is 1. The maximum atomic E-state index is 11.7. The number of aromatic hydroxyl groups is 1. The van der Waals surface area contributed by atoms with E-state index in [0.29, 0.717) is 0 Å². The molecular formula is C14H19NO5. The van der Waals surface area contributed by atoms with Gasteiger partial charge in [-0.05, 0) is 24.1 Å². The molecule has 0 radical (unpaired) electrons. The van der Waals surface area contributed by atoms with Crippen molar-refractivity contribution >= 4 is 17.6 Å². The number of anilines is 1. The number of esters is 2. The van der Waals surface area contributed by atoms with Gasteiger partial charge in [0.1, 0.15) is 11.8 Å². The number of rotatable bonds is 5. The van der Waals surface area contributed by atoms with E-state index >= 15 is 0 Å². The van der Waals surface area contributed by atoms with Gasteiger partial charge in [0.2, 0.25) is 0 Å². The van der Waals surface area contributed by atoms with Crippen LogP contribution >= 0.6 is 0 Å². The number of carbonyl (C=O) groups is 2. The van der Waals surface area contributed by atoms with Gasteiger partial charge in [-0.3, -0.25) is 0 Å². The van der Waals surface area contributed by atoms with Crippen molar-refractivity contribution in [3.8, 4) is 5.75 Å². The smallest absolute Gasteiger partial charge is 0.337 e. The first-order valence-electron chi connectivity index (χ1n) is 6.16. The molecule has 2 N–H and O–H groups in total. The summed E-state index contributed by atoms with van der Waals surface area (Å²) >= 11 is 0. The van der Waals surface area contributed by atoms with E-state index in [1.165, 1.54) is 32.4 Å². The molecule has 6 nitrogen and oxygen atoms in total. The third-order valence-corrected chi connectivity index (χ3v) is 2.85. The van der Waals surface area contributed by atoms with E-state index in [2.05, 4.69) is 10.1 Å². The monoisotopic (exact) mass is 281 g/mol. The van der Waals surface area contributed by atoms with Crippen molar-refractivity contribution in [3.63, 3.8) is 0 Å². The highest BCUT2D eigenvalue weighted by atomic mass is 16.5. The van der Waals surface area contributed by atoms with Crippen molar-refractivity contribution < 1.29 is 24.2 Å². The number of benzene rings is 1. The zero-order chi connectivity index (χ0) is 15.3. The Morgan fingerprint density at radius 3 is 2.35 bits per heavy atom. The van der Waals surface area contributed by atoms with E-state index in [1.807, 2.05) is 13.8 Å². The van der Waals surface area contributed by atoms with Gasteiger partial charge in [-0.1, -0.05) is 13.8 Å². The van der Waals surface area contributed by atoms with Gasteiger partial charge in [0.05, 0.1) is 25.5 Å². The molecule has 6 heteroatoms. The average Bonchev–Trinajstić information content (AvgIpc) is 2.44. The highest BCUT2D eigenvalue weighted by Crippen LogP contribution is 2.26. The largest absolute Gasteiger partial charge is 0.506 e. The lowest BCUT2D eigenvalue weighted by atomic mass is 10.0. The van der Waals surface area contributed by atoms with E-state index in [9.17, 15) is 14.7 Å². The zero-order valence-corrected chi connectivity index (χ0v) is 12.0. The van der Waals surface area contributed by atoms with Gasteiger partial charge in [-0.2, -0.15) is 0 Å². The summed E-state index contributed by atoms with van der Waals surface area (Å²) < 4.78 is 9.32. The average molecular weight is 281 g/mol. The number of nitrogens with one attached hydrogen (secondary N) is 1. The van der Waals surface area contributed by atoms with E-state index in [0.717, 1.165) is 0 Å². The van der Waals surface area contributed by atoms with Crippen LogP contribution in [0.2, 0.25) is 0 Å². The fourth-order valence-electron chi connectivity index (χ4n) is 1.69. The van der Waals surface area contributed by atoms with Crippen LogP contribution in [0.3, 0.4) is 0 Å². The van der Waals surface area contributed by atoms with Crippen molar-refractivity contribution in [2.75, 3.05) is 19.5 Å². The first-order valence-corrected chi connectivity index (χ1v) is 6.16. The molecule has 0 heterocycles. The van der Waals surface area contributed by atoms with Crippen LogP contribution in [0.15, 0.2) is 18.2 Å². The molecule has 1 atom stereocenters.